The average Bonchev–Trinajstić information content (AvgIpc) is 2.87. The Hall–Kier alpha value is -4.63. The van der Waals surface area contributed by atoms with Crippen LogP contribution in [0.1, 0.15) is 10.5 Å². The predicted octanol–water partition coefficient (Wildman–Crippen LogP) is 5.65. The molecule has 0 radical (unpaired) electrons. The first-order valence-electron chi connectivity index (χ1n) is 10.4. The van der Waals surface area contributed by atoms with Crippen LogP contribution in [0, 0.1) is 11.3 Å². The number of pyridine rings is 1. The van der Waals surface area contributed by atoms with E-state index in [1.807, 2.05) is 78.9 Å². The molecule has 0 aliphatic rings. The van der Waals surface area contributed by atoms with Crippen molar-refractivity contribution in [2.24, 2.45) is 0 Å². The Morgan fingerprint density at radius 2 is 1.85 bits per heavy atom. The Bertz CT molecular complexity index is 1370. The maximum Gasteiger partial charge on any atom is 0.274 e. The summed E-state index contributed by atoms with van der Waals surface area (Å²) in [6.07, 6.45) is 0. The van der Waals surface area contributed by atoms with Crippen molar-refractivity contribution in [1.29, 1.82) is 5.26 Å². The number of carbonyl (C=O) groups excluding carboxylic acids is 1. The highest BCUT2D eigenvalue weighted by Crippen LogP contribution is 2.35. The molecule has 33 heavy (non-hydrogen) atoms. The summed E-state index contributed by atoms with van der Waals surface area (Å²) in [5, 5.41) is 17.1. The molecule has 4 rings (SSSR count). The molecule has 3 aromatic carbocycles. The lowest BCUT2D eigenvalue weighted by Crippen LogP contribution is -2.13. The van der Waals surface area contributed by atoms with Crippen LogP contribution in [0.4, 0.5) is 11.4 Å². The molecule has 0 aliphatic heterocycles. The molecule has 0 fully saturated rings. The van der Waals surface area contributed by atoms with Crippen molar-refractivity contribution in [2.75, 3.05) is 24.3 Å². The highest BCUT2D eigenvalue weighted by atomic mass is 16.5. The lowest BCUT2D eigenvalue weighted by molar-refractivity contribution is 0.102. The molecule has 0 unspecified atom stereocenters. The Morgan fingerprint density at radius 3 is 2.61 bits per heavy atom. The van der Waals surface area contributed by atoms with Crippen molar-refractivity contribution >= 4 is 28.1 Å². The summed E-state index contributed by atoms with van der Waals surface area (Å²) in [5.74, 6) is 0.386. The van der Waals surface area contributed by atoms with Gasteiger partial charge in [0, 0.05) is 28.8 Å². The van der Waals surface area contributed by atoms with Gasteiger partial charge in [0.2, 0.25) is 0 Å². The number of methoxy groups -OCH3 is 1. The van der Waals surface area contributed by atoms with E-state index in [2.05, 4.69) is 22.2 Å². The number of hydrogen-bond acceptors (Lipinski definition) is 5. The number of rotatable bonds is 7. The third kappa shape index (κ3) is 4.83. The molecule has 6 nitrogen and oxygen atoms in total. The summed E-state index contributed by atoms with van der Waals surface area (Å²) in [6.45, 7) is 4.04. The predicted molar refractivity (Wildman–Crippen MR) is 131 cm³/mol. The maximum atomic E-state index is 12.7. The lowest BCUT2D eigenvalue weighted by Gasteiger charge is -2.15. The van der Waals surface area contributed by atoms with E-state index in [0.29, 0.717) is 34.9 Å². The highest BCUT2D eigenvalue weighted by Gasteiger charge is 2.13. The molecule has 0 aliphatic carbocycles. The average molecular weight is 434 g/mol. The summed E-state index contributed by atoms with van der Waals surface area (Å²) < 4.78 is 5.53. The Labute approximate surface area is 192 Å². The van der Waals surface area contributed by atoms with Gasteiger partial charge in [-0.15, -0.1) is 0 Å². The van der Waals surface area contributed by atoms with Crippen molar-refractivity contribution in [1.82, 2.24) is 4.98 Å². The van der Waals surface area contributed by atoms with Crippen molar-refractivity contribution in [2.45, 2.75) is 0 Å². The van der Waals surface area contributed by atoms with E-state index in [1.54, 1.807) is 13.2 Å². The van der Waals surface area contributed by atoms with Gasteiger partial charge in [0.1, 0.15) is 11.4 Å². The number of nitrogens with one attached hydrogen (secondary N) is 2. The summed E-state index contributed by atoms with van der Waals surface area (Å²) in [6, 6.07) is 26.5. The zero-order valence-electron chi connectivity index (χ0n) is 18.1. The number of benzene rings is 3. The number of nitrogens with zero attached hydrogens (tertiary/aromatic N) is 2. The molecule has 2 N–H and O–H groups in total. The smallest absolute Gasteiger partial charge is 0.274 e. The number of fused-ring (bicyclic) bond motifs is 1. The Kier molecular flexibility index (Phi) is 6.33. The molecule has 0 atom stereocenters. The van der Waals surface area contributed by atoms with Crippen LogP contribution >= 0.6 is 0 Å². The van der Waals surface area contributed by atoms with E-state index in [-0.39, 0.29) is 5.91 Å². The van der Waals surface area contributed by atoms with E-state index >= 15 is 0 Å². The quantitative estimate of drug-likeness (QED) is 0.367. The van der Waals surface area contributed by atoms with Crippen molar-refractivity contribution in [3.05, 3.63) is 96.7 Å². The molecule has 0 spiro atoms. The van der Waals surface area contributed by atoms with E-state index in [0.717, 1.165) is 22.0 Å². The number of para-hydroxylation sites is 1. The van der Waals surface area contributed by atoms with Gasteiger partial charge in [-0.1, -0.05) is 49.0 Å². The Balaban J connectivity index is 1.70. The Morgan fingerprint density at radius 1 is 1.06 bits per heavy atom. The maximum absolute atomic E-state index is 12.7. The summed E-state index contributed by atoms with van der Waals surface area (Å²) >= 11 is 0. The van der Waals surface area contributed by atoms with Crippen LogP contribution in [0.3, 0.4) is 0 Å². The van der Waals surface area contributed by atoms with Gasteiger partial charge in [-0.25, -0.2) is 4.98 Å². The van der Waals surface area contributed by atoms with Crippen LogP contribution in [0.2, 0.25) is 0 Å². The van der Waals surface area contributed by atoms with Crippen LogP contribution < -0.4 is 15.4 Å². The van der Waals surface area contributed by atoms with Crippen LogP contribution in [0.25, 0.3) is 22.0 Å². The number of hydrogen-bond donors (Lipinski definition) is 2. The van der Waals surface area contributed by atoms with Crippen LogP contribution in [-0.2, 0) is 0 Å². The van der Waals surface area contributed by atoms with Gasteiger partial charge in [-0.2, -0.15) is 5.26 Å². The molecular formula is C27H22N4O2. The number of ether oxygens (including phenoxy) is 1. The fourth-order valence-electron chi connectivity index (χ4n) is 3.48. The fraction of sp³-hybridized carbons (Fsp3) is 0.0741. The van der Waals surface area contributed by atoms with Gasteiger partial charge in [0.05, 0.1) is 24.6 Å². The first kappa shape index (κ1) is 21.6. The van der Waals surface area contributed by atoms with Gasteiger partial charge < -0.3 is 15.4 Å². The molecule has 0 saturated carbocycles. The van der Waals surface area contributed by atoms with E-state index in [4.69, 9.17) is 10.00 Å². The minimum Gasteiger partial charge on any atom is -0.495 e. The molecular weight excluding hydrogens is 412 g/mol. The monoisotopic (exact) mass is 434 g/mol. The number of anilines is 2. The molecule has 1 aromatic heterocycles. The second-order valence-corrected chi connectivity index (χ2v) is 7.38. The van der Waals surface area contributed by atoms with Crippen molar-refractivity contribution in [3.63, 3.8) is 0 Å². The highest BCUT2D eigenvalue weighted by molar-refractivity contribution is 6.03. The minimum absolute atomic E-state index is 0.275. The second-order valence-electron chi connectivity index (χ2n) is 7.38. The zero-order valence-corrected chi connectivity index (χ0v) is 18.1. The van der Waals surface area contributed by atoms with Gasteiger partial charge in [0.15, 0.2) is 0 Å². The first-order chi connectivity index (χ1) is 16.1. The van der Waals surface area contributed by atoms with E-state index < -0.39 is 0 Å². The number of aromatic nitrogens is 1. The first-order valence-corrected chi connectivity index (χ1v) is 10.4. The SMILES string of the molecule is C=C(C#N)CNc1c(OC)ccc2ccc(-c3cccc(C(=O)Nc4ccccc4)n3)cc12. The van der Waals surface area contributed by atoms with Crippen molar-refractivity contribution in [3.8, 4) is 23.1 Å². The molecule has 1 amide bonds. The third-order valence-electron chi connectivity index (χ3n) is 5.15. The van der Waals surface area contributed by atoms with Gasteiger partial charge in [-0.05, 0) is 41.8 Å². The molecule has 162 valence electrons. The largest absolute Gasteiger partial charge is 0.495 e. The second kappa shape index (κ2) is 9.67. The summed E-state index contributed by atoms with van der Waals surface area (Å²) in [5.41, 5.74) is 3.75. The fourth-order valence-corrected chi connectivity index (χ4v) is 3.48. The molecule has 6 heteroatoms. The summed E-state index contributed by atoms with van der Waals surface area (Å²) in [7, 11) is 1.60. The van der Waals surface area contributed by atoms with Crippen molar-refractivity contribution < 1.29 is 9.53 Å². The van der Waals surface area contributed by atoms with Gasteiger partial charge >= 0.3 is 0 Å². The number of amides is 1. The normalized spacial score (nSPS) is 10.3. The molecule has 1 heterocycles. The lowest BCUT2D eigenvalue weighted by atomic mass is 10.0. The van der Waals surface area contributed by atoms with Gasteiger partial charge in [-0.3, -0.25) is 4.79 Å². The topological polar surface area (TPSA) is 87.0 Å². The molecule has 4 aromatic rings. The number of carbonyl (C=O) groups is 1. The van der Waals surface area contributed by atoms with E-state index in [1.165, 1.54) is 0 Å². The van der Waals surface area contributed by atoms with Crippen LogP contribution in [-0.4, -0.2) is 24.5 Å². The van der Waals surface area contributed by atoms with Crippen LogP contribution in [0.5, 0.6) is 5.75 Å². The molecule has 0 saturated heterocycles. The number of nitriles is 1. The van der Waals surface area contributed by atoms with E-state index in [9.17, 15) is 4.79 Å². The van der Waals surface area contributed by atoms with Gasteiger partial charge in [0.25, 0.3) is 5.91 Å². The molecule has 0 bridgehead atoms. The van der Waals surface area contributed by atoms with Crippen LogP contribution in [0.15, 0.2) is 91.0 Å². The minimum atomic E-state index is -0.275. The standard InChI is InChI=1S/C27H22N4O2/c1-18(16-28)17-29-26-22-15-20(12-11-19(22)13-14-25(26)33-2)23-9-6-10-24(31-23)27(32)30-21-7-4-3-5-8-21/h3-15,29H,1,17H2,2H3,(H,30,32). The third-order valence-corrected chi connectivity index (χ3v) is 5.15. The zero-order chi connectivity index (χ0) is 23.2. The summed E-state index contributed by atoms with van der Waals surface area (Å²) in [4.78, 5) is 17.3.